The number of carboxylic acid groups (broad SMARTS) is 1. The standard InChI is InChI=1S/C22H44O2.C7H8.C4H8O.Ag/c1-2-3-4-5-6-7-8-9-10-11-12-13-14-15-16-17-18-19-20-21-22(23)24;1-7-5-3-2-4-6-7;1-3-4(2)5;/h2-21H2,1H3,(H,23,24);2-6H,1H3;3H2,1-2H3;/q;;;+1/p-1. The number of hydrogen-bond donors (Lipinski definition) is 0. The van der Waals surface area contributed by atoms with E-state index in [2.05, 4.69) is 26.0 Å². The molecule has 1 rings (SSSR count). The van der Waals surface area contributed by atoms with Crippen molar-refractivity contribution >= 4 is 11.8 Å². The van der Waals surface area contributed by atoms with Crippen molar-refractivity contribution in [2.75, 3.05) is 0 Å². The van der Waals surface area contributed by atoms with Gasteiger partial charge in [0.25, 0.3) is 0 Å². The van der Waals surface area contributed by atoms with Gasteiger partial charge in [-0.2, -0.15) is 0 Å². The quantitative estimate of drug-likeness (QED) is 0.103. The van der Waals surface area contributed by atoms with Crippen LogP contribution in [0.2, 0.25) is 0 Å². The second-order valence-electron chi connectivity index (χ2n) is 10.2. The van der Waals surface area contributed by atoms with Crippen molar-refractivity contribution in [1.29, 1.82) is 0 Å². The summed E-state index contributed by atoms with van der Waals surface area (Å²) >= 11 is 0. The first-order valence-electron chi connectivity index (χ1n) is 15.1. The van der Waals surface area contributed by atoms with Crippen LogP contribution < -0.4 is 5.11 Å². The molecule has 0 bridgehead atoms. The van der Waals surface area contributed by atoms with E-state index in [0.717, 1.165) is 12.8 Å². The zero-order chi connectivity index (χ0) is 27.1. The molecule has 4 heteroatoms. The van der Waals surface area contributed by atoms with E-state index in [-0.39, 0.29) is 34.6 Å². The van der Waals surface area contributed by atoms with E-state index in [4.69, 9.17) is 0 Å². The molecule has 0 radical (unpaired) electrons. The Hall–Kier alpha value is -0.900. The van der Waals surface area contributed by atoms with Crippen molar-refractivity contribution in [3.8, 4) is 0 Å². The first kappa shape index (κ1) is 40.6. The van der Waals surface area contributed by atoms with Crippen LogP contribution in [-0.4, -0.2) is 11.8 Å². The number of aliphatic carboxylic acids is 1. The Morgan fingerprint density at radius 3 is 1.11 bits per heavy atom. The van der Waals surface area contributed by atoms with Crippen molar-refractivity contribution in [3.05, 3.63) is 35.9 Å². The normalized spacial score (nSPS) is 9.84. The molecule has 0 atom stereocenters. The van der Waals surface area contributed by atoms with Crippen molar-refractivity contribution in [2.24, 2.45) is 0 Å². The van der Waals surface area contributed by atoms with Crippen LogP contribution in [0.15, 0.2) is 30.3 Å². The van der Waals surface area contributed by atoms with Gasteiger partial charge in [0.2, 0.25) is 0 Å². The van der Waals surface area contributed by atoms with Crippen LogP contribution in [-0.2, 0) is 32.0 Å². The number of rotatable bonds is 21. The number of hydrogen-bond acceptors (Lipinski definition) is 3. The summed E-state index contributed by atoms with van der Waals surface area (Å²) in [5.41, 5.74) is 1.32. The van der Waals surface area contributed by atoms with Gasteiger partial charge in [0, 0.05) is 12.4 Å². The van der Waals surface area contributed by atoms with E-state index in [0.29, 0.717) is 6.42 Å². The predicted octanol–water partition coefficient (Wildman–Crippen LogP) is 9.54. The van der Waals surface area contributed by atoms with E-state index in [1.807, 2.05) is 25.1 Å². The smallest absolute Gasteiger partial charge is 0.550 e. The maximum absolute atomic E-state index is 10.3. The zero-order valence-electron chi connectivity index (χ0n) is 24.8. The molecule has 0 unspecified atom stereocenters. The van der Waals surface area contributed by atoms with Gasteiger partial charge in [0.1, 0.15) is 5.78 Å². The van der Waals surface area contributed by atoms with Crippen molar-refractivity contribution in [1.82, 2.24) is 0 Å². The summed E-state index contributed by atoms with van der Waals surface area (Å²) in [6.45, 7) is 7.80. The van der Waals surface area contributed by atoms with Gasteiger partial charge < -0.3 is 14.7 Å². The van der Waals surface area contributed by atoms with Gasteiger partial charge in [-0.15, -0.1) is 0 Å². The van der Waals surface area contributed by atoms with Crippen LogP contribution in [0.3, 0.4) is 0 Å². The Labute approximate surface area is 246 Å². The average Bonchev–Trinajstić information content (AvgIpc) is 2.86. The third-order valence-electron chi connectivity index (χ3n) is 6.42. The summed E-state index contributed by atoms with van der Waals surface area (Å²) < 4.78 is 0. The minimum Gasteiger partial charge on any atom is -0.550 e. The molecule has 3 nitrogen and oxygen atoms in total. The van der Waals surface area contributed by atoms with Gasteiger partial charge in [-0.05, 0) is 26.7 Å². The molecule has 0 saturated carbocycles. The number of benzene rings is 1. The van der Waals surface area contributed by atoms with Crippen LogP contribution in [0.1, 0.15) is 161 Å². The zero-order valence-corrected chi connectivity index (χ0v) is 26.2. The Balaban J connectivity index is -0.000000723. The number of unbranched alkanes of at least 4 members (excludes halogenated alkanes) is 18. The Bertz CT molecular complexity index is 574. The van der Waals surface area contributed by atoms with Gasteiger partial charge in [0.05, 0.1) is 0 Å². The second-order valence-corrected chi connectivity index (χ2v) is 10.2. The van der Waals surface area contributed by atoms with Crippen molar-refractivity contribution in [3.63, 3.8) is 0 Å². The van der Waals surface area contributed by atoms with E-state index in [1.54, 1.807) is 6.92 Å². The molecule has 0 fully saturated rings. The van der Waals surface area contributed by atoms with Crippen LogP contribution in [0, 0.1) is 6.92 Å². The SMILES string of the molecule is CCC(C)=O.CCCCCCCCCCCCCCCCCCCCCC(=O)[O-].Cc1ccccc1.[Ag+]. The Morgan fingerprint density at radius 1 is 0.595 bits per heavy atom. The first-order valence-corrected chi connectivity index (χ1v) is 15.1. The fraction of sp³-hybridized carbons (Fsp3) is 0.758. The van der Waals surface area contributed by atoms with Gasteiger partial charge in [0.15, 0.2) is 0 Å². The average molecular weight is 612 g/mol. The molecule has 220 valence electrons. The third kappa shape index (κ3) is 42.4. The molecular weight excluding hydrogens is 552 g/mol. The van der Waals surface area contributed by atoms with Crippen LogP contribution in [0.5, 0.6) is 0 Å². The maximum atomic E-state index is 10.3. The summed E-state index contributed by atoms with van der Waals surface area (Å²) in [6.07, 6.45) is 26.4. The summed E-state index contributed by atoms with van der Waals surface area (Å²) in [5, 5.41) is 10.3. The topological polar surface area (TPSA) is 57.2 Å². The summed E-state index contributed by atoms with van der Waals surface area (Å²) in [6, 6.07) is 10.3. The molecule has 0 aliphatic rings. The maximum Gasteiger partial charge on any atom is 1.00 e. The van der Waals surface area contributed by atoms with Gasteiger partial charge >= 0.3 is 22.4 Å². The monoisotopic (exact) mass is 610 g/mol. The summed E-state index contributed by atoms with van der Waals surface area (Å²) in [7, 11) is 0. The molecule has 0 aromatic heterocycles. The van der Waals surface area contributed by atoms with Crippen LogP contribution in [0.25, 0.3) is 0 Å². The van der Waals surface area contributed by atoms with E-state index in [9.17, 15) is 14.7 Å². The Morgan fingerprint density at radius 2 is 0.892 bits per heavy atom. The fourth-order valence-corrected chi connectivity index (χ4v) is 3.88. The molecular formula is C33H59AgO3. The Kier molecular flexibility index (Phi) is 38.5. The number of aryl methyl sites for hydroxylation is 1. The summed E-state index contributed by atoms with van der Waals surface area (Å²) in [4.78, 5) is 20.1. The first-order chi connectivity index (χ1) is 17.4. The van der Waals surface area contributed by atoms with Gasteiger partial charge in [-0.1, -0.05) is 165 Å². The number of carbonyl (C=O) groups is 2. The predicted molar refractivity (Wildman–Crippen MR) is 155 cm³/mol. The minimum atomic E-state index is -0.901. The molecule has 37 heavy (non-hydrogen) atoms. The minimum absolute atomic E-state index is 0. The number of carbonyl (C=O) groups excluding carboxylic acids is 2. The molecule has 0 N–H and O–H groups in total. The molecule has 0 spiro atoms. The van der Waals surface area contributed by atoms with Gasteiger partial charge in [-0.3, -0.25) is 0 Å². The third-order valence-corrected chi connectivity index (χ3v) is 6.42. The molecule has 1 aromatic carbocycles. The molecule has 0 amide bonds. The number of Topliss-reactive ketones (excluding diaryl/α,β-unsaturated/α-hetero) is 1. The van der Waals surface area contributed by atoms with Crippen molar-refractivity contribution in [2.45, 2.75) is 163 Å². The van der Waals surface area contributed by atoms with Crippen LogP contribution >= 0.6 is 0 Å². The summed E-state index contributed by atoms with van der Waals surface area (Å²) in [5.74, 6) is -0.646. The largest absolute Gasteiger partial charge is 1.00 e. The van der Waals surface area contributed by atoms with Crippen LogP contribution in [0.4, 0.5) is 0 Å². The van der Waals surface area contributed by atoms with Gasteiger partial charge in [-0.25, -0.2) is 0 Å². The molecule has 0 heterocycles. The fourth-order valence-electron chi connectivity index (χ4n) is 3.88. The molecule has 1 aromatic rings. The molecule has 0 aliphatic heterocycles. The number of carboxylic acids is 1. The van der Waals surface area contributed by atoms with E-state index >= 15 is 0 Å². The van der Waals surface area contributed by atoms with E-state index < -0.39 is 5.97 Å². The second kappa shape index (κ2) is 35.1. The van der Waals surface area contributed by atoms with Crippen molar-refractivity contribution < 1.29 is 37.1 Å². The number of ketones is 1. The molecule has 0 saturated heterocycles. The molecule has 0 aliphatic carbocycles. The van der Waals surface area contributed by atoms with E-state index in [1.165, 1.54) is 115 Å².